The SMILES string of the molecule is CC(c1ccc(Cl)cc1Cl)N(C)C(=O)C1CCC(C(=O)O)CC1. The molecule has 0 saturated heterocycles. The number of aliphatic carboxylic acids is 1. The molecule has 1 unspecified atom stereocenters. The molecule has 126 valence electrons. The van der Waals surface area contributed by atoms with Crippen molar-refractivity contribution >= 4 is 35.1 Å². The molecular formula is C17H21Cl2NO3. The van der Waals surface area contributed by atoms with Crippen molar-refractivity contribution in [1.29, 1.82) is 0 Å². The van der Waals surface area contributed by atoms with Crippen LogP contribution in [0.25, 0.3) is 0 Å². The van der Waals surface area contributed by atoms with Gasteiger partial charge in [-0.15, -0.1) is 0 Å². The van der Waals surface area contributed by atoms with Crippen molar-refractivity contribution in [2.45, 2.75) is 38.6 Å². The molecule has 1 fully saturated rings. The number of carbonyl (C=O) groups is 2. The average Bonchev–Trinajstić information content (AvgIpc) is 2.53. The lowest BCUT2D eigenvalue weighted by Crippen LogP contribution is -2.37. The van der Waals surface area contributed by atoms with Gasteiger partial charge in [0, 0.05) is 23.0 Å². The van der Waals surface area contributed by atoms with Crippen molar-refractivity contribution in [2.75, 3.05) is 7.05 Å². The first-order valence-electron chi connectivity index (χ1n) is 7.75. The number of carboxylic acid groups (broad SMARTS) is 1. The monoisotopic (exact) mass is 357 g/mol. The summed E-state index contributed by atoms with van der Waals surface area (Å²) in [5, 5.41) is 10.1. The topological polar surface area (TPSA) is 57.6 Å². The van der Waals surface area contributed by atoms with E-state index in [4.69, 9.17) is 28.3 Å². The summed E-state index contributed by atoms with van der Waals surface area (Å²) in [6.45, 7) is 1.93. The highest BCUT2D eigenvalue weighted by Crippen LogP contribution is 2.34. The molecule has 1 aliphatic rings. The molecule has 1 aromatic rings. The Labute approximate surface area is 146 Å². The van der Waals surface area contributed by atoms with Gasteiger partial charge in [0.2, 0.25) is 5.91 Å². The lowest BCUT2D eigenvalue weighted by molar-refractivity contribution is -0.145. The number of carboxylic acids is 1. The molecule has 1 saturated carbocycles. The Kier molecular flexibility index (Phi) is 5.93. The number of nitrogens with zero attached hydrogens (tertiary/aromatic N) is 1. The van der Waals surface area contributed by atoms with E-state index in [0.29, 0.717) is 35.7 Å². The first-order valence-corrected chi connectivity index (χ1v) is 8.51. The molecule has 1 aliphatic carbocycles. The van der Waals surface area contributed by atoms with Gasteiger partial charge in [-0.3, -0.25) is 9.59 Å². The second-order valence-electron chi connectivity index (χ2n) is 6.18. The number of carbonyl (C=O) groups excluding carboxylic acids is 1. The van der Waals surface area contributed by atoms with Crippen LogP contribution in [0.3, 0.4) is 0 Å². The Hall–Kier alpha value is -1.26. The van der Waals surface area contributed by atoms with Crippen molar-refractivity contribution in [3.8, 4) is 0 Å². The van der Waals surface area contributed by atoms with Gasteiger partial charge in [-0.25, -0.2) is 0 Å². The molecule has 0 heterocycles. The van der Waals surface area contributed by atoms with Crippen molar-refractivity contribution in [3.05, 3.63) is 33.8 Å². The first kappa shape index (κ1) is 18.1. The van der Waals surface area contributed by atoms with E-state index >= 15 is 0 Å². The van der Waals surface area contributed by atoms with Crippen LogP contribution in [0.4, 0.5) is 0 Å². The summed E-state index contributed by atoms with van der Waals surface area (Å²) in [6.07, 6.45) is 2.38. The third-order valence-corrected chi connectivity index (χ3v) is 5.33. The fourth-order valence-electron chi connectivity index (χ4n) is 3.12. The molecule has 1 aromatic carbocycles. The van der Waals surface area contributed by atoms with Crippen LogP contribution in [0.2, 0.25) is 10.0 Å². The van der Waals surface area contributed by atoms with E-state index in [-0.39, 0.29) is 23.8 Å². The second kappa shape index (κ2) is 7.54. The third kappa shape index (κ3) is 4.18. The minimum atomic E-state index is -0.759. The van der Waals surface area contributed by atoms with Crippen LogP contribution in [0.5, 0.6) is 0 Å². The standard InChI is InChI=1S/C17H21Cl2NO3/c1-10(14-8-7-13(18)9-15(14)19)20(2)16(21)11-3-5-12(6-4-11)17(22)23/h7-12H,3-6H2,1-2H3,(H,22,23). The molecule has 0 radical (unpaired) electrons. The minimum Gasteiger partial charge on any atom is -0.481 e. The average molecular weight is 358 g/mol. The van der Waals surface area contributed by atoms with Gasteiger partial charge in [-0.1, -0.05) is 29.3 Å². The zero-order valence-electron chi connectivity index (χ0n) is 13.3. The van der Waals surface area contributed by atoms with E-state index in [2.05, 4.69) is 0 Å². The molecule has 23 heavy (non-hydrogen) atoms. The molecule has 0 aromatic heterocycles. The van der Waals surface area contributed by atoms with Crippen LogP contribution < -0.4 is 0 Å². The number of halogens is 2. The van der Waals surface area contributed by atoms with Gasteiger partial charge in [-0.2, -0.15) is 0 Å². The lowest BCUT2D eigenvalue weighted by atomic mass is 9.81. The summed E-state index contributed by atoms with van der Waals surface area (Å²) >= 11 is 12.1. The Morgan fingerprint density at radius 1 is 1.17 bits per heavy atom. The summed E-state index contributed by atoms with van der Waals surface area (Å²) in [5.74, 6) is -1.13. The molecule has 2 rings (SSSR count). The van der Waals surface area contributed by atoms with Crippen LogP contribution in [-0.2, 0) is 9.59 Å². The predicted molar refractivity (Wildman–Crippen MR) is 90.7 cm³/mol. The summed E-state index contributed by atoms with van der Waals surface area (Å²) in [6, 6.07) is 5.10. The van der Waals surface area contributed by atoms with E-state index in [1.165, 1.54) is 0 Å². The first-order chi connectivity index (χ1) is 10.8. The number of amides is 1. The predicted octanol–water partition coefficient (Wildman–Crippen LogP) is 4.40. The molecule has 6 heteroatoms. The van der Waals surface area contributed by atoms with Gasteiger partial charge in [-0.05, 0) is 50.3 Å². The van der Waals surface area contributed by atoms with Crippen molar-refractivity contribution in [3.63, 3.8) is 0 Å². The smallest absolute Gasteiger partial charge is 0.306 e. The van der Waals surface area contributed by atoms with Crippen LogP contribution in [0, 0.1) is 11.8 Å². The summed E-state index contributed by atoms with van der Waals surface area (Å²) in [7, 11) is 1.77. The molecule has 1 atom stereocenters. The third-order valence-electron chi connectivity index (χ3n) is 4.77. The van der Waals surface area contributed by atoms with Gasteiger partial charge < -0.3 is 10.0 Å². The molecule has 1 N–H and O–H groups in total. The molecule has 1 amide bonds. The Bertz CT molecular complexity index is 598. The van der Waals surface area contributed by atoms with Gasteiger partial charge >= 0.3 is 5.97 Å². The summed E-state index contributed by atoms with van der Waals surface area (Å²) in [5.41, 5.74) is 0.853. The Balaban J connectivity index is 2.03. The number of hydrogen-bond donors (Lipinski definition) is 1. The molecule has 0 bridgehead atoms. The highest BCUT2D eigenvalue weighted by atomic mass is 35.5. The number of benzene rings is 1. The van der Waals surface area contributed by atoms with Crippen LogP contribution in [-0.4, -0.2) is 28.9 Å². The maximum atomic E-state index is 12.7. The quantitative estimate of drug-likeness (QED) is 0.868. The summed E-state index contributed by atoms with van der Waals surface area (Å²) < 4.78 is 0. The van der Waals surface area contributed by atoms with Gasteiger partial charge in [0.05, 0.1) is 12.0 Å². The highest BCUT2D eigenvalue weighted by Gasteiger charge is 2.32. The number of rotatable bonds is 4. The van der Waals surface area contributed by atoms with E-state index in [9.17, 15) is 9.59 Å². The maximum Gasteiger partial charge on any atom is 0.306 e. The Morgan fingerprint density at radius 3 is 2.26 bits per heavy atom. The Morgan fingerprint density at radius 2 is 1.74 bits per heavy atom. The zero-order chi connectivity index (χ0) is 17.1. The molecular weight excluding hydrogens is 337 g/mol. The molecule has 0 aliphatic heterocycles. The maximum absolute atomic E-state index is 12.7. The largest absolute Gasteiger partial charge is 0.481 e. The normalized spacial score (nSPS) is 22.4. The van der Waals surface area contributed by atoms with Gasteiger partial charge in [0.25, 0.3) is 0 Å². The lowest BCUT2D eigenvalue weighted by Gasteiger charge is -2.32. The zero-order valence-corrected chi connectivity index (χ0v) is 14.8. The second-order valence-corrected chi connectivity index (χ2v) is 7.02. The fourth-order valence-corrected chi connectivity index (χ4v) is 3.68. The van der Waals surface area contributed by atoms with Crippen molar-refractivity contribution in [1.82, 2.24) is 4.90 Å². The van der Waals surface area contributed by atoms with Crippen LogP contribution >= 0.6 is 23.2 Å². The van der Waals surface area contributed by atoms with Crippen LogP contribution in [0.15, 0.2) is 18.2 Å². The van der Waals surface area contributed by atoms with E-state index < -0.39 is 5.97 Å². The van der Waals surface area contributed by atoms with Crippen LogP contribution in [0.1, 0.15) is 44.2 Å². The highest BCUT2D eigenvalue weighted by molar-refractivity contribution is 6.35. The van der Waals surface area contributed by atoms with Crippen molar-refractivity contribution in [2.24, 2.45) is 11.8 Å². The molecule has 4 nitrogen and oxygen atoms in total. The van der Waals surface area contributed by atoms with E-state index in [0.717, 1.165) is 5.56 Å². The number of hydrogen-bond acceptors (Lipinski definition) is 2. The summed E-state index contributed by atoms with van der Waals surface area (Å²) in [4.78, 5) is 25.4. The van der Waals surface area contributed by atoms with Gasteiger partial charge in [0.15, 0.2) is 0 Å². The molecule has 0 spiro atoms. The minimum absolute atomic E-state index is 0.0485. The van der Waals surface area contributed by atoms with E-state index in [1.807, 2.05) is 13.0 Å². The van der Waals surface area contributed by atoms with E-state index in [1.54, 1.807) is 24.1 Å². The van der Waals surface area contributed by atoms with Gasteiger partial charge in [0.1, 0.15) is 0 Å². The fraction of sp³-hybridized carbons (Fsp3) is 0.529. The van der Waals surface area contributed by atoms with Crippen molar-refractivity contribution < 1.29 is 14.7 Å².